The molecule has 1 aromatic carbocycles. The van der Waals surface area contributed by atoms with Crippen molar-refractivity contribution >= 4 is 21.7 Å². The van der Waals surface area contributed by atoms with Crippen LogP contribution in [-0.2, 0) is 26.0 Å². The third kappa shape index (κ3) is 7.78. The van der Waals surface area contributed by atoms with Gasteiger partial charge in [0.1, 0.15) is 0 Å². The quantitative estimate of drug-likeness (QED) is 0.684. The first kappa shape index (κ1) is 23.3. The lowest BCUT2D eigenvalue weighted by molar-refractivity contribution is -0.135. The minimum Gasteiger partial charge on any atom is -0.350 e. The van der Waals surface area contributed by atoms with E-state index in [1.807, 2.05) is 58.0 Å². The molecular weight excluding hydrogens is 390 g/mol. The van der Waals surface area contributed by atoms with Gasteiger partial charge in [0.15, 0.2) is 9.84 Å². The molecule has 1 heterocycles. The van der Waals surface area contributed by atoms with Crippen LogP contribution in [0.4, 0.5) is 0 Å². The third-order valence-electron chi connectivity index (χ3n) is 4.85. The van der Waals surface area contributed by atoms with E-state index >= 15 is 0 Å². The molecule has 1 saturated heterocycles. The molecule has 1 aliphatic rings. The Labute approximate surface area is 174 Å². The van der Waals surface area contributed by atoms with Gasteiger partial charge in [0.25, 0.3) is 0 Å². The van der Waals surface area contributed by atoms with Crippen LogP contribution in [0.2, 0.25) is 0 Å². The zero-order chi connectivity index (χ0) is 21.7. The molecule has 1 fully saturated rings. The summed E-state index contributed by atoms with van der Waals surface area (Å²) < 4.78 is 24.0. The van der Waals surface area contributed by atoms with Crippen molar-refractivity contribution in [1.82, 2.24) is 15.1 Å². The highest BCUT2D eigenvalue weighted by molar-refractivity contribution is 7.91. The van der Waals surface area contributed by atoms with Gasteiger partial charge in [-0.05, 0) is 39.3 Å². The fourth-order valence-electron chi connectivity index (χ4n) is 3.44. The Bertz CT molecular complexity index is 803. The number of hydrogen-bond acceptors (Lipinski definition) is 5. The predicted octanol–water partition coefficient (Wildman–Crippen LogP) is 1.44. The zero-order valence-corrected chi connectivity index (χ0v) is 18.7. The molecule has 0 aliphatic carbocycles. The Balaban J connectivity index is 2.10. The first-order chi connectivity index (χ1) is 13.5. The largest absolute Gasteiger partial charge is 0.350 e. The summed E-state index contributed by atoms with van der Waals surface area (Å²) in [7, 11) is -3.11. The number of likely N-dealkylation sites (N-methyl/N-ethyl adjacent to an activating group) is 1. The lowest BCUT2D eigenvalue weighted by Gasteiger charge is -2.31. The highest BCUT2D eigenvalue weighted by atomic mass is 32.2. The van der Waals surface area contributed by atoms with Gasteiger partial charge < -0.3 is 10.2 Å². The van der Waals surface area contributed by atoms with Gasteiger partial charge in [-0.25, -0.2) is 8.42 Å². The van der Waals surface area contributed by atoms with Crippen LogP contribution in [-0.4, -0.2) is 72.8 Å². The maximum absolute atomic E-state index is 13.1. The molecule has 0 aromatic heterocycles. The minimum atomic E-state index is -3.11. The number of sulfone groups is 1. The van der Waals surface area contributed by atoms with Crippen molar-refractivity contribution in [2.24, 2.45) is 0 Å². The first-order valence-electron chi connectivity index (χ1n) is 10.1. The number of rotatable bonds is 8. The molecule has 0 radical (unpaired) electrons. The summed E-state index contributed by atoms with van der Waals surface area (Å²) in [5, 5.41) is 2.91. The van der Waals surface area contributed by atoms with Crippen LogP contribution in [0.1, 0.15) is 39.7 Å². The number of carbonyl (C=O) groups is 2. The van der Waals surface area contributed by atoms with Gasteiger partial charge in [-0.3, -0.25) is 14.5 Å². The maximum Gasteiger partial charge on any atom is 0.237 e. The monoisotopic (exact) mass is 423 g/mol. The number of benzene rings is 1. The molecule has 1 aromatic rings. The second-order valence-corrected chi connectivity index (χ2v) is 10.9. The molecule has 162 valence electrons. The second-order valence-electron chi connectivity index (χ2n) is 8.67. The summed E-state index contributed by atoms with van der Waals surface area (Å²) in [6.07, 6.45) is 0.456. The number of nitrogens with zero attached hydrogens (tertiary/aromatic N) is 2. The van der Waals surface area contributed by atoms with Gasteiger partial charge >= 0.3 is 0 Å². The highest BCUT2D eigenvalue weighted by Gasteiger charge is 2.35. The molecule has 0 unspecified atom stereocenters. The van der Waals surface area contributed by atoms with Crippen LogP contribution in [0.3, 0.4) is 0 Å². The van der Waals surface area contributed by atoms with Gasteiger partial charge in [-0.1, -0.05) is 37.3 Å². The first-order valence-corrected chi connectivity index (χ1v) is 11.9. The number of hydrogen-bond donors (Lipinski definition) is 1. The Morgan fingerprint density at radius 2 is 1.79 bits per heavy atom. The van der Waals surface area contributed by atoms with Crippen LogP contribution < -0.4 is 5.32 Å². The minimum absolute atomic E-state index is 0.00219. The third-order valence-corrected chi connectivity index (χ3v) is 6.60. The van der Waals surface area contributed by atoms with Gasteiger partial charge in [0, 0.05) is 18.1 Å². The Morgan fingerprint density at radius 1 is 1.14 bits per heavy atom. The van der Waals surface area contributed by atoms with Gasteiger partial charge in [-0.2, -0.15) is 0 Å². The second kappa shape index (κ2) is 9.71. The van der Waals surface area contributed by atoms with E-state index in [-0.39, 0.29) is 48.0 Å². The van der Waals surface area contributed by atoms with Crippen molar-refractivity contribution in [1.29, 1.82) is 0 Å². The molecule has 0 bridgehead atoms. The number of carbonyl (C=O) groups excluding carboxylic acids is 2. The lowest BCUT2D eigenvalue weighted by atomic mass is 10.1. The molecule has 7 nitrogen and oxygen atoms in total. The highest BCUT2D eigenvalue weighted by Crippen LogP contribution is 2.20. The Morgan fingerprint density at radius 3 is 2.31 bits per heavy atom. The van der Waals surface area contributed by atoms with Crippen molar-refractivity contribution in [2.45, 2.75) is 52.2 Å². The zero-order valence-electron chi connectivity index (χ0n) is 17.8. The number of amides is 2. The van der Waals surface area contributed by atoms with Crippen molar-refractivity contribution in [3.05, 3.63) is 35.9 Å². The summed E-state index contributed by atoms with van der Waals surface area (Å²) >= 11 is 0. The molecule has 1 aliphatic heterocycles. The molecular formula is C21H33N3O4S. The van der Waals surface area contributed by atoms with Crippen LogP contribution >= 0.6 is 0 Å². The van der Waals surface area contributed by atoms with Crippen molar-refractivity contribution in [3.63, 3.8) is 0 Å². The SMILES string of the molecule is CCN(CC(=O)NC(C)(C)C)CC(=O)N(Cc1ccccc1)[C@H]1CCS(=O)(=O)C1. The predicted molar refractivity (Wildman–Crippen MR) is 114 cm³/mol. The van der Waals surface area contributed by atoms with Crippen LogP contribution in [0.5, 0.6) is 0 Å². The van der Waals surface area contributed by atoms with Crippen molar-refractivity contribution < 1.29 is 18.0 Å². The molecule has 2 amide bonds. The molecule has 8 heteroatoms. The summed E-state index contributed by atoms with van der Waals surface area (Å²) in [4.78, 5) is 28.8. The van der Waals surface area contributed by atoms with Crippen LogP contribution in [0.15, 0.2) is 30.3 Å². The molecule has 1 atom stereocenters. The van der Waals surface area contributed by atoms with E-state index in [1.165, 1.54) is 0 Å². The normalized spacial score (nSPS) is 18.6. The maximum atomic E-state index is 13.1. The van der Waals surface area contributed by atoms with Gasteiger partial charge in [-0.15, -0.1) is 0 Å². The van der Waals surface area contributed by atoms with E-state index in [9.17, 15) is 18.0 Å². The van der Waals surface area contributed by atoms with Crippen molar-refractivity contribution in [3.8, 4) is 0 Å². The van der Waals surface area contributed by atoms with Gasteiger partial charge in [0.05, 0.1) is 24.6 Å². The standard InChI is InChI=1S/C21H33N3O4S/c1-5-23(14-19(25)22-21(2,3)4)15-20(26)24(13-17-9-7-6-8-10-17)18-11-12-29(27,28)16-18/h6-10,18H,5,11-16H2,1-4H3,(H,22,25)/t18-/m0/s1. The van der Waals surface area contributed by atoms with E-state index in [4.69, 9.17) is 0 Å². The average Bonchev–Trinajstić information content (AvgIpc) is 2.97. The Hall–Kier alpha value is -1.93. The van der Waals surface area contributed by atoms with E-state index in [1.54, 1.807) is 9.80 Å². The molecule has 29 heavy (non-hydrogen) atoms. The van der Waals surface area contributed by atoms with Gasteiger partial charge in [0.2, 0.25) is 11.8 Å². The molecule has 2 rings (SSSR count). The fourth-order valence-corrected chi connectivity index (χ4v) is 5.18. The molecule has 0 saturated carbocycles. The molecule has 1 N–H and O–H groups in total. The van der Waals surface area contributed by atoms with Crippen LogP contribution in [0, 0.1) is 0 Å². The molecule has 0 spiro atoms. The topological polar surface area (TPSA) is 86.8 Å². The van der Waals surface area contributed by atoms with E-state index in [0.717, 1.165) is 5.56 Å². The smallest absolute Gasteiger partial charge is 0.237 e. The average molecular weight is 424 g/mol. The van der Waals surface area contributed by atoms with E-state index in [0.29, 0.717) is 19.5 Å². The summed E-state index contributed by atoms with van der Waals surface area (Å²) in [5.41, 5.74) is 0.622. The van der Waals surface area contributed by atoms with E-state index < -0.39 is 9.84 Å². The Kier molecular flexibility index (Phi) is 7.82. The number of nitrogens with one attached hydrogen (secondary N) is 1. The summed E-state index contributed by atoms with van der Waals surface area (Å²) in [6.45, 7) is 8.76. The fraction of sp³-hybridized carbons (Fsp3) is 0.619. The summed E-state index contributed by atoms with van der Waals surface area (Å²) in [5.74, 6) is -0.171. The van der Waals surface area contributed by atoms with Crippen molar-refractivity contribution in [2.75, 3.05) is 31.1 Å². The van der Waals surface area contributed by atoms with Crippen LogP contribution in [0.25, 0.3) is 0 Å². The lowest BCUT2D eigenvalue weighted by Crippen LogP contribution is -2.49. The van der Waals surface area contributed by atoms with E-state index in [2.05, 4.69) is 5.32 Å². The summed E-state index contributed by atoms with van der Waals surface area (Å²) in [6, 6.07) is 9.24.